The zero-order chi connectivity index (χ0) is 14.9. The third kappa shape index (κ3) is 2.52. The first-order valence-corrected chi connectivity index (χ1v) is 7.17. The minimum Gasteiger partial charge on any atom is -0.465 e. The number of hydrogen-bond donors (Lipinski definition) is 2. The number of rotatable bonds is 4. The molecule has 0 fully saturated rings. The van der Waals surface area contributed by atoms with Crippen molar-refractivity contribution in [2.24, 2.45) is 0 Å². The molecule has 0 saturated carbocycles. The zero-order valence-corrected chi connectivity index (χ0v) is 11.7. The molecule has 2 N–H and O–H groups in total. The van der Waals surface area contributed by atoms with Crippen LogP contribution in [0.4, 0.5) is 10.1 Å². The smallest absolute Gasteiger partial charge is 0.265 e. The predicted molar refractivity (Wildman–Crippen MR) is 69.1 cm³/mol. The first-order valence-electron chi connectivity index (χ1n) is 5.69. The van der Waals surface area contributed by atoms with Crippen molar-refractivity contribution in [2.75, 3.05) is 4.72 Å². The summed E-state index contributed by atoms with van der Waals surface area (Å²) in [6.45, 7) is 2.52. The zero-order valence-electron chi connectivity index (χ0n) is 10.8. The number of furan rings is 1. The van der Waals surface area contributed by atoms with Crippen molar-refractivity contribution < 1.29 is 22.3 Å². The van der Waals surface area contributed by atoms with Crippen LogP contribution in [0.5, 0.6) is 0 Å². The van der Waals surface area contributed by atoms with Crippen LogP contribution in [0.1, 0.15) is 17.1 Å². The lowest BCUT2D eigenvalue weighted by molar-refractivity contribution is 0.276. The highest BCUT2D eigenvalue weighted by atomic mass is 32.2. The summed E-state index contributed by atoms with van der Waals surface area (Å²) in [6, 6.07) is 1.20. The fourth-order valence-corrected chi connectivity index (χ4v) is 3.41. The highest BCUT2D eigenvalue weighted by molar-refractivity contribution is 7.92. The summed E-state index contributed by atoms with van der Waals surface area (Å²) >= 11 is 0. The van der Waals surface area contributed by atoms with Crippen LogP contribution in [0.25, 0.3) is 0 Å². The molecule has 0 amide bonds. The minimum atomic E-state index is -4.06. The Morgan fingerprint density at radius 1 is 1.40 bits per heavy atom. The summed E-state index contributed by atoms with van der Waals surface area (Å²) in [4.78, 5) is 3.36. The van der Waals surface area contributed by atoms with Gasteiger partial charge in [0, 0.05) is 11.8 Å². The monoisotopic (exact) mass is 300 g/mol. The van der Waals surface area contributed by atoms with Crippen molar-refractivity contribution in [1.82, 2.24) is 4.98 Å². The van der Waals surface area contributed by atoms with E-state index in [1.54, 1.807) is 6.92 Å². The van der Waals surface area contributed by atoms with E-state index in [1.165, 1.54) is 19.2 Å². The Bertz CT molecular complexity index is 740. The van der Waals surface area contributed by atoms with E-state index >= 15 is 0 Å². The molecule has 2 rings (SSSR count). The number of aliphatic hydroxyl groups is 1. The van der Waals surface area contributed by atoms with Crippen molar-refractivity contribution in [1.29, 1.82) is 0 Å². The summed E-state index contributed by atoms with van der Waals surface area (Å²) in [6.07, 6.45) is 2.17. The van der Waals surface area contributed by atoms with Crippen molar-refractivity contribution >= 4 is 15.7 Å². The molecular formula is C12H13FN2O4S. The fraction of sp³-hybridized carbons (Fsp3) is 0.250. The van der Waals surface area contributed by atoms with Gasteiger partial charge in [-0.15, -0.1) is 0 Å². The molecule has 0 spiro atoms. The van der Waals surface area contributed by atoms with Gasteiger partial charge in [-0.1, -0.05) is 0 Å². The second-order valence-corrected chi connectivity index (χ2v) is 5.76. The molecule has 0 unspecified atom stereocenters. The average molecular weight is 300 g/mol. The van der Waals surface area contributed by atoms with Crippen LogP contribution >= 0.6 is 0 Å². The van der Waals surface area contributed by atoms with Gasteiger partial charge in [-0.25, -0.2) is 12.8 Å². The number of anilines is 1. The molecule has 0 aliphatic carbocycles. The third-order valence-corrected chi connectivity index (χ3v) is 4.33. The molecular weight excluding hydrogens is 287 g/mol. The highest BCUT2D eigenvalue weighted by Gasteiger charge is 2.27. The van der Waals surface area contributed by atoms with Crippen LogP contribution in [-0.2, 0) is 16.6 Å². The van der Waals surface area contributed by atoms with Crippen LogP contribution in [-0.4, -0.2) is 18.5 Å². The van der Waals surface area contributed by atoms with Gasteiger partial charge in [0.25, 0.3) is 10.0 Å². The Balaban J connectivity index is 2.49. The van der Waals surface area contributed by atoms with Crippen molar-refractivity contribution in [3.8, 4) is 0 Å². The second-order valence-electron chi connectivity index (χ2n) is 4.14. The number of nitrogens with zero attached hydrogens (tertiary/aromatic N) is 1. The normalized spacial score (nSPS) is 11.6. The van der Waals surface area contributed by atoms with Gasteiger partial charge in [-0.05, 0) is 19.9 Å². The Kier molecular flexibility index (Phi) is 3.78. The van der Waals surface area contributed by atoms with Gasteiger partial charge in [0.15, 0.2) is 5.82 Å². The molecule has 2 heterocycles. The highest BCUT2D eigenvalue weighted by Crippen LogP contribution is 2.28. The summed E-state index contributed by atoms with van der Waals surface area (Å²) in [5.41, 5.74) is -0.0633. The fourth-order valence-electron chi connectivity index (χ4n) is 1.90. The molecule has 0 bridgehead atoms. The Labute approximate surface area is 115 Å². The van der Waals surface area contributed by atoms with E-state index in [0.29, 0.717) is 5.76 Å². The van der Waals surface area contributed by atoms with E-state index in [2.05, 4.69) is 9.71 Å². The minimum absolute atomic E-state index is 0.133. The van der Waals surface area contributed by atoms with Gasteiger partial charge in [-0.2, -0.15) is 0 Å². The molecule has 0 saturated heterocycles. The lowest BCUT2D eigenvalue weighted by Crippen LogP contribution is -2.16. The number of aliphatic hydroxyl groups excluding tert-OH is 1. The van der Waals surface area contributed by atoms with E-state index in [0.717, 1.165) is 6.20 Å². The van der Waals surface area contributed by atoms with E-state index in [4.69, 9.17) is 4.42 Å². The number of nitrogens with one attached hydrogen (secondary N) is 1. The third-order valence-electron chi connectivity index (χ3n) is 2.77. The molecule has 2 aromatic rings. The average Bonchev–Trinajstić information content (AvgIpc) is 2.67. The van der Waals surface area contributed by atoms with Gasteiger partial charge >= 0.3 is 0 Å². The molecule has 6 nitrogen and oxygen atoms in total. The van der Waals surface area contributed by atoms with Gasteiger partial charge < -0.3 is 9.52 Å². The molecule has 0 aliphatic rings. The maximum atomic E-state index is 13.5. The molecule has 108 valence electrons. The van der Waals surface area contributed by atoms with Gasteiger partial charge in [-0.3, -0.25) is 9.71 Å². The quantitative estimate of drug-likeness (QED) is 0.897. The van der Waals surface area contributed by atoms with E-state index in [9.17, 15) is 17.9 Å². The number of pyridine rings is 1. The van der Waals surface area contributed by atoms with E-state index in [-0.39, 0.29) is 21.9 Å². The Morgan fingerprint density at radius 3 is 2.70 bits per heavy atom. The molecule has 0 aliphatic heterocycles. The van der Waals surface area contributed by atoms with Crippen LogP contribution in [0.15, 0.2) is 27.8 Å². The number of aryl methyl sites for hydroxylation is 2. The molecule has 2 aromatic heterocycles. The van der Waals surface area contributed by atoms with Crippen LogP contribution in [0.3, 0.4) is 0 Å². The van der Waals surface area contributed by atoms with E-state index in [1.807, 2.05) is 0 Å². The number of sulfonamides is 1. The van der Waals surface area contributed by atoms with Crippen LogP contribution < -0.4 is 4.72 Å². The maximum absolute atomic E-state index is 13.5. The Morgan fingerprint density at radius 2 is 2.10 bits per heavy atom. The summed E-state index contributed by atoms with van der Waals surface area (Å²) < 4.78 is 45.4. The number of aromatic nitrogens is 1. The summed E-state index contributed by atoms with van der Waals surface area (Å²) in [5.74, 6) is -0.353. The van der Waals surface area contributed by atoms with Crippen molar-refractivity contribution in [2.45, 2.75) is 25.3 Å². The van der Waals surface area contributed by atoms with Crippen LogP contribution in [0.2, 0.25) is 0 Å². The van der Waals surface area contributed by atoms with Crippen molar-refractivity contribution in [3.05, 3.63) is 41.4 Å². The van der Waals surface area contributed by atoms with Gasteiger partial charge in [0.05, 0.1) is 18.5 Å². The molecule has 8 heteroatoms. The van der Waals surface area contributed by atoms with Gasteiger partial charge in [0.1, 0.15) is 16.4 Å². The molecule has 0 atom stereocenters. The topological polar surface area (TPSA) is 92.4 Å². The number of hydrogen-bond acceptors (Lipinski definition) is 5. The lowest BCUT2D eigenvalue weighted by Gasteiger charge is -2.09. The molecule has 0 radical (unpaired) electrons. The van der Waals surface area contributed by atoms with Crippen molar-refractivity contribution in [3.63, 3.8) is 0 Å². The second kappa shape index (κ2) is 5.22. The standard InChI is InChI=1S/C12H13FN2O4S/c1-7-9(6-16)12(8(2)19-7)20(17,18)15-11-3-4-14-5-10(11)13/h3-5,16H,6H2,1-2H3,(H,14,15). The first kappa shape index (κ1) is 14.5. The summed E-state index contributed by atoms with van der Waals surface area (Å²) in [7, 11) is -4.06. The largest absolute Gasteiger partial charge is 0.465 e. The SMILES string of the molecule is Cc1oc(C)c(S(=O)(=O)Nc2ccncc2F)c1CO. The summed E-state index contributed by atoms with van der Waals surface area (Å²) in [5, 5.41) is 9.26. The maximum Gasteiger partial charge on any atom is 0.265 e. The Hall–Kier alpha value is -1.93. The van der Waals surface area contributed by atoms with Crippen LogP contribution in [0, 0.1) is 19.7 Å². The number of halogens is 1. The first-order chi connectivity index (χ1) is 9.36. The molecule has 0 aromatic carbocycles. The molecule has 20 heavy (non-hydrogen) atoms. The predicted octanol–water partition coefficient (Wildman–Crippen LogP) is 1.72. The van der Waals surface area contributed by atoms with E-state index < -0.39 is 22.4 Å². The van der Waals surface area contributed by atoms with Gasteiger partial charge in [0.2, 0.25) is 0 Å². The lowest BCUT2D eigenvalue weighted by atomic mass is 10.2.